The molecule has 59 heavy (non-hydrogen) atoms. The molecule has 13 nitrogen and oxygen atoms in total. The molecular weight excluding hydrogens is 806 g/mol. The third kappa shape index (κ3) is 11.8. The monoisotopic (exact) mass is 847 g/mol. The van der Waals surface area contributed by atoms with Crippen LogP contribution in [0, 0.1) is 23.0 Å². The third-order valence-corrected chi connectivity index (χ3v) is 10.7. The summed E-state index contributed by atoms with van der Waals surface area (Å²) in [6.07, 6.45) is -1.24. The van der Waals surface area contributed by atoms with Crippen molar-refractivity contribution in [3.63, 3.8) is 0 Å². The number of carbonyl (C=O) groups excluding carboxylic acids is 6. The first-order valence-corrected chi connectivity index (χ1v) is 19.6. The molecule has 0 bridgehead atoms. The molecule has 0 aliphatic carbocycles. The highest BCUT2D eigenvalue weighted by Gasteiger charge is 2.44. The number of nitrogens with one attached hydrogen (secondary N) is 3. The Kier molecular flexibility index (Phi) is 14.4. The molecule has 5 rings (SSSR count). The van der Waals surface area contributed by atoms with Crippen molar-refractivity contribution in [1.29, 1.82) is 0 Å². The molecule has 0 spiro atoms. The molecule has 3 N–H and O–H groups in total. The van der Waals surface area contributed by atoms with E-state index in [1.807, 2.05) is 55.7 Å². The van der Waals surface area contributed by atoms with Crippen LogP contribution >= 0.6 is 11.8 Å². The second kappa shape index (κ2) is 19.0. The number of aromatic nitrogens is 1. The first-order chi connectivity index (χ1) is 27.8. The van der Waals surface area contributed by atoms with Crippen LogP contribution in [-0.2, 0) is 45.1 Å². The first-order valence-electron chi connectivity index (χ1n) is 18.4. The number of benzene rings is 2. The van der Waals surface area contributed by atoms with E-state index in [0.717, 1.165) is 53.4 Å². The number of nitrogens with zero attached hydrogens (tertiary/aromatic N) is 2. The molecule has 1 fully saturated rings. The average molecular weight is 848 g/mol. The summed E-state index contributed by atoms with van der Waals surface area (Å²) in [6.45, 7) is 6.73. The molecule has 2 aromatic carbocycles. The fraction of sp³-hybridized carbons (Fsp3) is 0.400. The lowest BCUT2D eigenvalue weighted by atomic mass is 9.70. The number of thioether (sulfide) groups is 1. The molecule has 3 unspecified atom stereocenters. The van der Waals surface area contributed by atoms with Crippen LogP contribution in [0.1, 0.15) is 44.4 Å². The van der Waals surface area contributed by atoms with Crippen LogP contribution in [0.5, 0.6) is 0 Å². The lowest BCUT2D eigenvalue weighted by Gasteiger charge is -2.41. The summed E-state index contributed by atoms with van der Waals surface area (Å²) in [5.41, 5.74) is 1.64. The Morgan fingerprint density at radius 1 is 0.932 bits per heavy atom. The van der Waals surface area contributed by atoms with Gasteiger partial charge in [-0.05, 0) is 60.7 Å². The Bertz CT molecular complexity index is 2060. The fourth-order valence-corrected chi connectivity index (χ4v) is 7.86. The van der Waals surface area contributed by atoms with Crippen molar-refractivity contribution >= 4 is 47.3 Å². The van der Waals surface area contributed by atoms with Gasteiger partial charge in [0.2, 0.25) is 11.8 Å². The third-order valence-electron chi connectivity index (χ3n) is 9.68. The Balaban J connectivity index is 1.38. The molecular formula is C40H42F5N5O8S. The summed E-state index contributed by atoms with van der Waals surface area (Å²) in [5.74, 6) is -10.3. The maximum atomic E-state index is 15.2. The van der Waals surface area contributed by atoms with Gasteiger partial charge in [0, 0.05) is 59.4 Å². The number of imide groups is 1. The molecule has 3 aromatic rings. The Morgan fingerprint density at radius 3 is 2.25 bits per heavy atom. The van der Waals surface area contributed by atoms with E-state index >= 15 is 4.39 Å². The zero-order chi connectivity index (χ0) is 43.1. The van der Waals surface area contributed by atoms with Crippen LogP contribution in [-0.4, -0.2) is 94.4 Å². The first kappa shape index (κ1) is 44.5. The van der Waals surface area contributed by atoms with Crippen LogP contribution in [0.2, 0.25) is 0 Å². The smallest absolute Gasteiger partial charge is 0.352 e. The number of carbonyl (C=O) groups is 6. The topological polar surface area (TPSA) is 165 Å². The highest BCUT2D eigenvalue weighted by Crippen LogP contribution is 2.43. The van der Waals surface area contributed by atoms with Crippen molar-refractivity contribution in [1.82, 2.24) is 25.4 Å². The maximum Gasteiger partial charge on any atom is 0.495 e. The van der Waals surface area contributed by atoms with Crippen molar-refractivity contribution in [3.05, 3.63) is 95.8 Å². The largest absolute Gasteiger partial charge is 0.495 e. The van der Waals surface area contributed by atoms with E-state index in [9.17, 15) is 46.3 Å². The summed E-state index contributed by atoms with van der Waals surface area (Å²) in [7, 11) is 0. The van der Waals surface area contributed by atoms with E-state index in [1.54, 1.807) is 12.3 Å². The summed E-state index contributed by atoms with van der Waals surface area (Å²) < 4.78 is 69.7. The number of hydrogen-bond acceptors (Lipinski definition) is 10. The average Bonchev–Trinajstić information content (AvgIpc) is 3.92. The maximum absolute atomic E-state index is 15.2. The molecule has 1 aromatic heterocycles. The van der Waals surface area contributed by atoms with Crippen molar-refractivity contribution in [3.8, 4) is 11.1 Å². The van der Waals surface area contributed by atoms with Crippen LogP contribution in [0.4, 0.5) is 22.0 Å². The van der Waals surface area contributed by atoms with Gasteiger partial charge in [0.05, 0.1) is 5.75 Å². The number of halogens is 5. The lowest BCUT2D eigenvalue weighted by Crippen LogP contribution is -2.50. The van der Waals surface area contributed by atoms with E-state index < -0.39 is 89.1 Å². The van der Waals surface area contributed by atoms with Gasteiger partial charge in [-0.1, -0.05) is 51.1 Å². The summed E-state index contributed by atoms with van der Waals surface area (Å²) >= 11 is 0.784. The van der Waals surface area contributed by atoms with Gasteiger partial charge >= 0.3 is 18.1 Å². The van der Waals surface area contributed by atoms with Gasteiger partial charge in [0.15, 0.2) is 0 Å². The molecule has 316 valence electrons. The van der Waals surface area contributed by atoms with Crippen LogP contribution < -0.4 is 16.0 Å². The van der Waals surface area contributed by atoms with Crippen LogP contribution in [0.15, 0.2) is 72.9 Å². The lowest BCUT2D eigenvalue weighted by molar-refractivity contribution is -0.286. The Morgan fingerprint density at radius 2 is 1.63 bits per heavy atom. The minimum absolute atomic E-state index is 0.0638. The van der Waals surface area contributed by atoms with E-state index in [1.165, 1.54) is 0 Å². The molecule has 4 amide bonds. The zero-order valence-electron chi connectivity index (χ0n) is 32.1. The van der Waals surface area contributed by atoms with E-state index in [2.05, 4.69) is 25.7 Å². The number of hydrogen-bond donors (Lipinski definition) is 3. The normalized spacial score (nSPS) is 17.1. The predicted octanol–water partition coefficient (Wildman–Crippen LogP) is 4.41. The van der Waals surface area contributed by atoms with Gasteiger partial charge in [-0.3, -0.25) is 24.1 Å². The number of rotatable bonds is 15. The van der Waals surface area contributed by atoms with Gasteiger partial charge in [-0.15, -0.1) is 11.8 Å². The summed E-state index contributed by atoms with van der Waals surface area (Å²) in [4.78, 5) is 82.6. The molecule has 0 radical (unpaired) electrons. The highest BCUT2D eigenvalue weighted by atomic mass is 32.2. The SMILES string of the molecule is CC(C)(C)[C@@H](c1cc(-c2cc(F)ccc2F)cn1Cc1ccccc1)C(NC(=O)CSCC(NC(=O)CN1C(=O)C=CC1=O)C(=O)OOC(=O)C(F)(F)F)C1CCNC1. The molecule has 0 saturated carbocycles. The standard InChI is InChI=1S/C40H42F5N5O8S/c1-39(2,3)35(30-15-25(27-16-26(41)9-10-28(27)42)19-49(30)18-23-7-5-4-6-8-23)36(24-13-14-46-17-24)48-32(52)22-59-21-29(37(55)57-58-38(56)40(43,44)45)47-31(51)20-50-33(53)11-12-34(50)54/h4-12,15-16,19,24,29,35-36,46H,13-14,17-18,20-22H2,1-3H3,(H,47,51)(H,48,52)/t24?,29?,35-,36?/m0/s1. The van der Waals surface area contributed by atoms with Crippen molar-refractivity contribution < 1.29 is 60.5 Å². The van der Waals surface area contributed by atoms with E-state index in [-0.39, 0.29) is 17.2 Å². The minimum Gasteiger partial charge on any atom is -0.352 e. The molecule has 2 aliphatic heterocycles. The number of amides is 4. The zero-order valence-corrected chi connectivity index (χ0v) is 33.0. The predicted molar refractivity (Wildman–Crippen MR) is 204 cm³/mol. The minimum atomic E-state index is -5.51. The Hall–Kier alpha value is -5.56. The van der Waals surface area contributed by atoms with Gasteiger partial charge < -0.3 is 20.5 Å². The molecule has 2 aliphatic rings. The van der Waals surface area contributed by atoms with Gasteiger partial charge in [-0.2, -0.15) is 13.2 Å². The van der Waals surface area contributed by atoms with E-state index in [4.69, 9.17) is 0 Å². The van der Waals surface area contributed by atoms with Crippen LogP contribution in [0.25, 0.3) is 11.1 Å². The van der Waals surface area contributed by atoms with E-state index in [0.29, 0.717) is 36.5 Å². The fourth-order valence-electron chi connectivity index (χ4n) is 7.02. The second-order valence-electron chi connectivity index (χ2n) is 15.1. The van der Waals surface area contributed by atoms with Crippen LogP contribution in [0.3, 0.4) is 0 Å². The van der Waals surface area contributed by atoms with Crippen molar-refractivity contribution in [2.24, 2.45) is 11.3 Å². The second-order valence-corrected chi connectivity index (χ2v) is 16.1. The quantitative estimate of drug-likeness (QED) is 0.0864. The van der Waals surface area contributed by atoms with Gasteiger partial charge in [0.1, 0.15) is 24.2 Å². The van der Waals surface area contributed by atoms with Gasteiger partial charge in [0.25, 0.3) is 11.8 Å². The summed E-state index contributed by atoms with van der Waals surface area (Å²) in [6, 6.07) is 12.2. The molecule has 4 atom stereocenters. The molecule has 1 saturated heterocycles. The molecule has 19 heteroatoms. The highest BCUT2D eigenvalue weighted by molar-refractivity contribution is 8.00. The summed E-state index contributed by atoms with van der Waals surface area (Å²) in [5, 5.41) is 8.62. The number of alkyl halides is 3. The van der Waals surface area contributed by atoms with Gasteiger partial charge in [-0.25, -0.2) is 28.1 Å². The van der Waals surface area contributed by atoms with Crippen molar-refractivity contribution in [2.75, 3.05) is 31.1 Å². The Labute approximate surface area is 340 Å². The van der Waals surface area contributed by atoms with Crippen molar-refractivity contribution in [2.45, 2.75) is 57.9 Å². The molecule has 3 heterocycles.